The molecule has 0 aliphatic rings. The second-order valence-electron chi connectivity index (χ2n) is 6.28. The second kappa shape index (κ2) is 8.36. The molecule has 0 saturated carbocycles. The number of carbonyl (C=O) groups excluding carboxylic acids is 1. The molecule has 0 radical (unpaired) electrons. The molecule has 2 aromatic carbocycles. The normalized spacial score (nSPS) is 11.5. The van der Waals surface area contributed by atoms with Crippen LogP contribution >= 0.6 is 15.9 Å². The fourth-order valence-corrected chi connectivity index (χ4v) is 4.17. The van der Waals surface area contributed by atoms with Gasteiger partial charge < -0.3 is 9.15 Å². The molecule has 0 amide bonds. The highest BCUT2D eigenvalue weighted by atomic mass is 79.9. The van der Waals surface area contributed by atoms with Crippen molar-refractivity contribution in [3.63, 3.8) is 0 Å². The number of halogens is 1. The molecule has 1 aromatic heterocycles. The fraction of sp³-hybridized carbons (Fsp3) is 0.250. The van der Waals surface area contributed by atoms with Gasteiger partial charge in [0.25, 0.3) is 0 Å². The maximum atomic E-state index is 12.4. The van der Waals surface area contributed by atoms with Gasteiger partial charge in [0.15, 0.2) is 0 Å². The average Bonchev–Trinajstić information content (AvgIpc) is 2.98. The molecule has 0 aliphatic heterocycles. The van der Waals surface area contributed by atoms with E-state index in [1.54, 1.807) is 32.0 Å². The molecule has 6 nitrogen and oxygen atoms in total. The highest BCUT2D eigenvalue weighted by Gasteiger charge is 2.19. The lowest BCUT2D eigenvalue weighted by Gasteiger charge is -2.08. The summed E-state index contributed by atoms with van der Waals surface area (Å²) in [7, 11) is -3.53. The Morgan fingerprint density at radius 1 is 1.18 bits per heavy atom. The van der Waals surface area contributed by atoms with E-state index in [1.807, 2.05) is 24.3 Å². The number of carbonyl (C=O) groups is 1. The van der Waals surface area contributed by atoms with Gasteiger partial charge in [-0.1, -0.05) is 28.1 Å². The summed E-state index contributed by atoms with van der Waals surface area (Å²) in [4.78, 5) is 12.0. The summed E-state index contributed by atoms with van der Waals surface area (Å²) in [6.07, 6.45) is 0.405. The zero-order valence-electron chi connectivity index (χ0n) is 15.5. The van der Waals surface area contributed by atoms with Gasteiger partial charge in [0, 0.05) is 21.1 Å². The number of furan rings is 1. The quantitative estimate of drug-likeness (QED) is 0.512. The van der Waals surface area contributed by atoms with E-state index in [0.717, 1.165) is 10.0 Å². The molecule has 1 heterocycles. The molecule has 1 N–H and O–H groups in total. The molecule has 3 rings (SSSR count). The van der Waals surface area contributed by atoms with E-state index in [-0.39, 0.29) is 18.1 Å². The number of anilines is 1. The highest BCUT2D eigenvalue weighted by Crippen LogP contribution is 2.29. The Morgan fingerprint density at radius 2 is 1.89 bits per heavy atom. The van der Waals surface area contributed by atoms with Gasteiger partial charge in [0.2, 0.25) is 15.8 Å². The largest absolute Gasteiger partial charge is 0.460 e. The Morgan fingerprint density at radius 3 is 2.57 bits per heavy atom. The minimum atomic E-state index is -3.53. The predicted molar refractivity (Wildman–Crippen MR) is 112 cm³/mol. The van der Waals surface area contributed by atoms with Crippen LogP contribution in [0.2, 0.25) is 0 Å². The molecule has 0 bridgehead atoms. The topological polar surface area (TPSA) is 85.6 Å². The molecule has 0 spiro atoms. The summed E-state index contributed by atoms with van der Waals surface area (Å²) in [5.41, 5.74) is 2.47. The van der Waals surface area contributed by atoms with Crippen molar-refractivity contribution in [1.82, 2.24) is 0 Å². The van der Waals surface area contributed by atoms with Crippen molar-refractivity contribution in [1.29, 1.82) is 0 Å². The van der Waals surface area contributed by atoms with Gasteiger partial charge in [-0.15, -0.1) is 0 Å². The van der Waals surface area contributed by atoms with Crippen molar-refractivity contribution in [3.05, 3.63) is 63.8 Å². The van der Waals surface area contributed by atoms with E-state index in [2.05, 4.69) is 20.7 Å². The molecule has 148 valence electrons. The first-order chi connectivity index (χ1) is 13.3. The van der Waals surface area contributed by atoms with Crippen molar-refractivity contribution >= 4 is 48.6 Å². The van der Waals surface area contributed by atoms with E-state index in [4.69, 9.17) is 9.15 Å². The van der Waals surface area contributed by atoms with Crippen molar-refractivity contribution in [2.24, 2.45) is 0 Å². The number of sulfonamides is 1. The van der Waals surface area contributed by atoms with Gasteiger partial charge in [-0.05, 0) is 56.2 Å². The third kappa shape index (κ3) is 4.74. The molecular formula is C20H20BrNO5S. The van der Waals surface area contributed by atoms with E-state index >= 15 is 0 Å². The highest BCUT2D eigenvalue weighted by molar-refractivity contribution is 9.10. The Bertz CT molecular complexity index is 1100. The Hall–Kier alpha value is -2.32. The number of hydrogen-bond donors (Lipinski definition) is 1. The van der Waals surface area contributed by atoms with E-state index in [1.165, 1.54) is 0 Å². The summed E-state index contributed by atoms with van der Waals surface area (Å²) in [5, 5.41) is 0.663. The number of hydrogen-bond acceptors (Lipinski definition) is 5. The smallest absolute Gasteiger partial charge is 0.374 e. The molecule has 8 heteroatoms. The monoisotopic (exact) mass is 465 g/mol. The van der Waals surface area contributed by atoms with Crippen LogP contribution < -0.4 is 4.72 Å². The minimum Gasteiger partial charge on any atom is -0.460 e. The molecule has 28 heavy (non-hydrogen) atoms. The second-order valence-corrected chi connectivity index (χ2v) is 9.04. The van der Waals surface area contributed by atoms with E-state index in [0.29, 0.717) is 28.6 Å². The SMILES string of the molecule is CCOC(=O)c1oc2ccc(NS(=O)(=O)CCc3ccc(Br)cc3)cc2c1C. The van der Waals surface area contributed by atoms with Crippen molar-refractivity contribution < 1.29 is 22.4 Å². The van der Waals surface area contributed by atoms with E-state index < -0.39 is 16.0 Å². The van der Waals surface area contributed by atoms with Crippen molar-refractivity contribution in [2.45, 2.75) is 20.3 Å². The van der Waals surface area contributed by atoms with Gasteiger partial charge in [0.05, 0.1) is 12.4 Å². The van der Waals surface area contributed by atoms with Crippen LogP contribution in [0.1, 0.15) is 28.6 Å². The van der Waals surface area contributed by atoms with Gasteiger partial charge in [0.1, 0.15) is 5.58 Å². The summed E-state index contributed by atoms with van der Waals surface area (Å²) in [6, 6.07) is 12.4. The zero-order chi connectivity index (χ0) is 20.3. The fourth-order valence-electron chi connectivity index (χ4n) is 2.81. The zero-order valence-corrected chi connectivity index (χ0v) is 17.9. The number of ether oxygens (including phenoxy) is 1. The Balaban J connectivity index is 1.76. The number of fused-ring (bicyclic) bond motifs is 1. The first-order valence-corrected chi connectivity index (χ1v) is 11.2. The lowest BCUT2D eigenvalue weighted by atomic mass is 10.1. The molecule has 0 fully saturated rings. The first kappa shape index (κ1) is 20.4. The summed E-state index contributed by atoms with van der Waals surface area (Å²) in [6.45, 7) is 3.71. The molecular weight excluding hydrogens is 446 g/mol. The van der Waals surface area contributed by atoms with E-state index in [9.17, 15) is 13.2 Å². The molecule has 0 atom stereocenters. The van der Waals surface area contributed by atoms with Crippen LogP contribution in [0, 0.1) is 6.92 Å². The minimum absolute atomic E-state index is 0.0366. The van der Waals surface area contributed by atoms with Crippen molar-refractivity contribution in [3.8, 4) is 0 Å². The summed E-state index contributed by atoms with van der Waals surface area (Å²) < 4.78 is 39.0. The van der Waals surface area contributed by atoms with Crippen LogP contribution in [0.3, 0.4) is 0 Å². The van der Waals surface area contributed by atoms with Crippen LogP contribution in [0.5, 0.6) is 0 Å². The third-order valence-electron chi connectivity index (χ3n) is 4.24. The number of rotatable bonds is 7. The Labute approximate surface area is 172 Å². The molecule has 3 aromatic rings. The van der Waals surface area contributed by atoms with Crippen LogP contribution in [0.25, 0.3) is 11.0 Å². The average molecular weight is 466 g/mol. The maximum absolute atomic E-state index is 12.4. The van der Waals surface area contributed by atoms with Crippen LogP contribution in [0.4, 0.5) is 5.69 Å². The van der Waals surface area contributed by atoms with Crippen LogP contribution in [0.15, 0.2) is 51.4 Å². The standard InChI is InChI=1S/C20H20BrNO5S/c1-3-26-20(23)19-13(2)17-12-16(8-9-18(17)27-19)22-28(24,25)11-10-14-4-6-15(21)7-5-14/h4-9,12,22H,3,10-11H2,1-2H3. The summed E-state index contributed by atoms with van der Waals surface area (Å²) in [5.74, 6) is -0.439. The van der Waals surface area contributed by atoms with Gasteiger partial charge in [-0.2, -0.15) is 0 Å². The van der Waals surface area contributed by atoms with Gasteiger partial charge in [-0.25, -0.2) is 13.2 Å². The van der Waals surface area contributed by atoms with Crippen molar-refractivity contribution in [2.75, 3.05) is 17.1 Å². The third-order valence-corrected chi connectivity index (χ3v) is 6.06. The van der Waals surface area contributed by atoms with Crippen LogP contribution in [-0.4, -0.2) is 26.7 Å². The first-order valence-electron chi connectivity index (χ1n) is 8.74. The Kier molecular flexibility index (Phi) is 6.10. The molecule has 0 saturated heterocycles. The van der Waals surface area contributed by atoms with Crippen LogP contribution in [-0.2, 0) is 21.2 Å². The predicted octanol–water partition coefficient (Wildman–Crippen LogP) is 4.66. The lowest BCUT2D eigenvalue weighted by Crippen LogP contribution is -2.18. The number of nitrogens with one attached hydrogen (secondary N) is 1. The lowest BCUT2D eigenvalue weighted by molar-refractivity contribution is 0.0491. The van der Waals surface area contributed by atoms with Gasteiger partial charge in [-0.3, -0.25) is 4.72 Å². The summed E-state index contributed by atoms with van der Waals surface area (Å²) >= 11 is 3.36. The van der Waals surface area contributed by atoms with Gasteiger partial charge >= 0.3 is 5.97 Å². The number of aryl methyl sites for hydroxylation is 2. The maximum Gasteiger partial charge on any atom is 0.374 e. The number of benzene rings is 2. The molecule has 0 aliphatic carbocycles. The number of esters is 1. The molecule has 0 unspecified atom stereocenters.